The van der Waals surface area contributed by atoms with Crippen molar-refractivity contribution in [3.63, 3.8) is 0 Å². The number of hydrogen-bond donors (Lipinski definition) is 1. The van der Waals surface area contributed by atoms with Crippen LogP contribution in [0.5, 0.6) is 0 Å². The van der Waals surface area contributed by atoms with Crippen LogP contribution in [-0.4, -0.2) is 10.1 Å². The van der Waals surface area contributed by atoms with Crippen LogP contribution in [0.3, 0.4) is 0 Å². The summed E-state index contributed by atoms with van der Waals surface area (Å²) in [6.07, 6.45) is -4.04. The van der Waals surface area contributed by atoms with E-state index in [2.05, 4.69) is 4.98 Å². The highest BCUT2D eigenvalue weighted by molar-refractivity contribution is 6.29. The molecule has 0 aliphatic carbocycles. The molecule has 2 aromatic rings. The normalized spacial score (nSPS) is 13.3. The number of aliphatic hydroxyl groups is 1. The fourth-order valence-electron chi connectivity index (χ4n) is 1.89. The average Bonchev–Trinajstić information content (AvgIpc) is 2.37. The molecular formula is C14H11ClF3NO. The minimum atomic E-state index is -4.39. The van der Waals surface area contributed by atoms with E-state index in [0.29, 0.717) is 16.7 Å². The SMILES string of the molecule is Cc1cc(C(F)(F)F)ccc1C(O)c1ccc(Cl)nc1. The Hall–Kier alpha value is -1.59. The van der Waals surface area contributed by atoms with E-state index < -0.39 is 17.8 Å². The van der Waals surface area contributed by atoms with Crippen molar-refractivity contribution < 1.29 is 18.3 Å². The highest BCUT2D eigenvalue weighted by Crippen LogP contribution is 2.33. The topological polar surface area (TPSA) is 33.1 Å². The van der Waals surface area contributed by atoms with Crippen LogP contribution >= 0.6 is 11.6 Å². The van der Waals surface area contributed by atoms with Crippen LogP contribution < -0.4 is 0 Å². The molecule has 106 valence electrons. The van der Waals surface area contributed by atoms with Crippen LogP contribution in [0.4, 0.5) is 13.2 Å². The van der Waals surface area contributed by atoms with Crippen LogP contribution in [0.2, 0.25) is 5.15 Å². The zero-order valence-corrected chi connectivity index (χ0v) is 11.2. The quantitative estimate of drug-likeness (QED) is 0.846. The van der Waals surface area contributed by atoms with Gasteiger partial charge in [-0.1, -0.05) is 23.7 Å². The summed E-state index contributed by atoms with van der Waals surface area (Å²) in [5.41, 5.74) is 0.502. The van der Waals surface area contributed by atoms with E-state index in [1.165, 1.54) is 25.3 Å². The second-order valence-corrected chi connectivity index (χ2v) is 4.77. The van der Waals surface area contributed by atoms with E-state index in [0.717, 1.165) is 12.1 Å². The smallest absolute Gasteiger partial charge is 0.384 e. The van der Waals surface area contributed by atoms with Gasteiger partial charge in [0, 0.05) is 11.8 Å². The predicted molar refractivity (Wildman–Crippen MR) is 69.5 cm³/mol. The molecule has 1 heterocycles. The van der Waals surface area contributed by atoms with Crippen molar-refractivity contribution in [1.82, 2.24) is 4.98 Å². The first-order valence-electron chi connectivity index (χ1n) is 5.76. The second-order valence-electron chi connectivity index (χ2n) is 4.39. The fraction of sp³-hybridized carbons (Fsp3) is 0.214. The number of pyridine rings is 1. The number of aromatic nitrogens is 1. The van der Waals surface area contributed by atoms with E-state index >= 15 is 0 Å². The van der Waals surface area contributed by atoms with Crippen LogP contribution in [0, 0.1) is 6.92 Å². The first kappa shape index (κ1) is 14.8. The minimum absolute atomic E-state index is 0.282. The summed E-state index contributed by atoms with van der Waals surface area (Å²) < 4.78 is 37.7. The molecule has 0 aliphatic heterocycles. The van der Waals surface area contributed by atoms with Crippen molar-refractivity contribution in [3.8, 4) is 0 Å². The summed E-state index contributed by atoms with van der Waals surface area (Å²) in [5.74, 6) is 0. The molecule has 0 fully saturated rings. The maximum absolute atomic E-state index is 12.6. The van der Waals surface area contributed by atoms with Gasteiger partial charge in [0.25, 0.3) is 0 Å². The molecule has 20 heavy (non-hydrogen) atoms. The molecule has 0 bridgehead atoms. The Morgan fingerprint density at radius 2 is 1.90 bits per heavy atom. The fourth-order valence-corrected chi connectivity index (χ4v) is 2.00. The highest BCUT2D eigenvalue weighted by atomic mass is 35.5. The van der Waals surface area contributed by atoms with Gasteiger partial charge >= 0.3 is 6.18 Å². The van der Waals surface area contributed by atoms with E-state index in [9.17, 15) is 18.3 Å². The number of halogens is 4. The van der Waals surface area contributed by atoms with Gasteiger partial charge in [0.15, 0.2) is 0 Å². The first-order chi connectivity index (χ1) is 9.29. The number of benzene rings is 1. The number of rotatable bonds is 2. The van der Waals surface area contributed by atoms with Gasteiger partial charge < -0.3 is 5.11 Å². The second kappa shape index (κ2) is 5.42. The van der Waals surface area contributed by atoms with Crippen LogP contribution in [0.1, 0.15) is 28.4 Å². The lowest BCUT2D eigenvalue weighted by Gasteiger charge is -2.16. The van der Waals surface area contributed by atoms with Crippen molar-refractivity contribution in [2.24, 2.45) is 0 Å². The number of alkyl halides is 3. The van der Waals surface area contributed by atoms with Gasteiger partial charge in [-0.25, -0.2) is 4.98 Å². The molecule has 2 nitrogen and oxygen atoms in total. The average molecular weight is 302 g/mol. The minimum Gasteiger partial charge on any atom is -0.384 e. The molecule has 0 amide bonds. The summed E-state index contributed by atoms with van der Waals surface area (Å²) in [5, 5.41) is 10.5. The van der Waals surface area contributed by atoms with E-state index in [1.54, 1.807) is 6.07 Å². The summed E-state index contributed by atoms with van der Waals surface area (Å²) in [6.45, 7) is 1.52. The maximum atomic E-state index is 12.6. The zero-order valence-electron chi connectivity index (χ0n) is 10.4. The van der Waals surface area contributed by atoms with Crippen LogP contribution in [-0.2, 0) is 6.18 Å². The van der Waals surface area contributed by atoms with Gasteiger partial charge in [-0.15, -0.1) is 0 Å². The third-order valence-electron chi connectivity index (χ3n) is 2.96. The Bertz CT molecular complexity index is 611. The highest BCUT2D eigenvalue weighted by Gasteiger charge is 2.31. The Morgan fingerprint density at radius 3 is 2.40 bits per heavy atom. The molecule has 1 N–H and O–H groups in total. The van der Waals surface area contributed by atoms with Gasteiger partial charge in [0.2, 0.25) is 0 Å². The van der Waals surface area contributed by atoms with Gasteiger partial charge in [-0.3, -0.25) is 0 Å². The molecule has 1 aromatic heterocycles. The molecule has 0 saturated heterocycles. The molecule has 2 rings (SSSR count). The molecule has 6 heteroatoms. The molecule has 1 aromatic carbocycles. The molecule has 0 saturated carbocycles. The predicted octanol–water partition coefficient (Wildman–Crippen LogP) is 4.14. The first-order valence-corrected chi connectivity index (χ1v) is 6.14. The van der Waals surface area contributed by atoms with Gasteiger partial charge in [-0.2, -0.15) is 13.2 Å². The van der Waals surface area contributed by atoms with Crippen LogP contribution in [0.25, 0.3) is 0 Å². The molecule has 1 unspecified atom stereocenters. The monoisotopic (exact) mass is 301 g/mol. The largest absolute Gasteiger partial charge is 0.416 e. The molecule has 0 radical (unpaired) electrons. The number of aryl methyl sites for hydroxylation is 1. The lowest BCUT2D eigenvalue weighted by molar-refractivity contribution is -0.137. The molecule has 0 aliphatic rings. The number of hydrogen-bond acceptors (Lipinski definition) is 2. The lowest BCUT2D eigenvalue weighted by Crippen LogP contribution is -2.08. The zero-order chi connectivity index (χ0) is 14.9. The lowest BCUT2D eigenvalue weighted by atomic mass is 9.97. The molecule has 1 atom stereocenters. The Morgan fingerprint density at radius 1 is 1.20 bits per heavy atom. The van der Waals surface area contributed by atoms with Crippen molar-refractivity contribution in [2.45, 2.75) is 19.2 Å². The summed E-state index contributed by atoms with van der Waals surface area (Å²) >= 11 is 5.65. The van der Waals surface area contributed by atoms with Crippen LogP contribution in [0.15, 0.2) is 36.5 Å². The summed E-state index contributed by atoms with van der Waals surface area (Å²) in [4.78, 5) is 3.84. The van der Waals surface area contributed by atoms with Gasteiger partial charge in [0.05, 0.1) is 5.56 Å². The van der Waals surface area contributed by atoms with Gasteiger partial charge in [0.1, 0.15) is 11.3 Å². The Kier molecular flexibility index (Phi) is 4.01. The number of nitrogens with zero attached hydrogens (tertiary/aromatic N) is 1. The van der Waals surface area contributed by atoms with Crippen molar-refractivity contribution >= 4 is 11.6 Å². The molecular weight excluding hydrogens is 291 g/mol. The molecule has 0 spiro atoms. The van der Waals surface area contributed by atoms with Crippen molar-refractivity contribution in [2.75, 3.05) is 0 Å². The van der Waals surface area contributed by atoms with E-state index in [1.807, 2.05) is 0 Å². The standard InChI is InChI=1S/C14H11ClF3NO/c1-8-6-10(14(16,17)18)3-4-11(8)13(20)9-2-5-12(15)19-7-9/h2-7,13,20H,1H3. The van der Waals surface area contributed by atoms with E-state index in [4.69, 9.17) is 11.6 Å². The summed E-state index contributed by atoms with van der Waals surface area (Å²) in [6, 6.07) is 6.34. The van der Waals surface area contributed by atoms with Gasteiger partial charge in [-0.05, 0) is 36.2 Å². The Labute approximate surface area is 118 Å². The number of aliphatic hydroxyl groups excluding tert-OH is 1. The Balaban J connectivity index is 2.36. The van der Waals surface area contributed by atoms with Crippen molar-refractivity contribution in [1.29, 1.82) is 0 Å². The third-order valence-corrected chi connectivity index (χ3v) is 3.18. The van der Waals surface area contributed by atoms with E-state index in [-0.39, 0.29) is 5.15 Å². The van der Waals surface area contributed by atoms with Crippen molar-refractivity contribution in [3.05, 3.63) is 63.9 Å². The maximum Gasteiger partial charge on any atom is 0.416 e. The third kappa shape index (κ3) is 3.11. The summed E-state index contributed by atoms with van der Waals surface area (Å²) in [7, 11) is 0.